The Bertz CT molecular complexity index is 535. The normalized spacial score (nSPS) is 13.4. The highest BCUT2D eigenvalue weighted by Crippen LogP contribution is 2.38. The van der Waals surface area contributed by atoms with Crippen LogP contribution in [0.1, 0.15) is 36.1 Å². The minimum absolute atomic E-state index is 0.277. The summed E-state index contributed by atoms with van der Waals surface area (Å²) in [6, 6.07) is 5.57. The Labute approximate surface area is 137 Å². The lowest BCUT2D eigenvalue weighted by molar-refractivity contribution is -0.153. The standard InChI is InChI=1S/C16H18O4S2/c1-3-19-15(17)13(11-7-9-21-10-11)14(16(18)20-4-2)12-6-5-8-22-12/h5-10,13-14H,3-4H2,1-2H3/t13-,14+/m0/s1. The average Bonchev–Trinajstić information content (AvgIpc) is 3.18. The lowest BCUT2D eigenvalue weighted by Crippen LogP contribution is -2.28. The Morgan fingerprint density at radius 2 is 1.73 bits per heavy atom. The number of carbonyl (C=O) groups is 2. The number of rotatable bonds is 7. The van der Waals surface area contributed by atoms with Crippen molar-refractivity contribution >= 4 is 34.6 Å². The molecule has 0 amide bonds. The monoisotopic (exact) mass is 338 g/mol. The fourth-order valence-corrected chi connectivity index (χ4v) is 3.81. The van der Waals surface area contributed by atoms with Crippen molar-refractivity contribution in [2.45, 2.75) is 25.7 Å². The maximum atomic E-state index is 12.5. The number of ether oxygens (including phenoxy) is 2. The van der Waals surface area contributed by atoms with Crippen molar-refractivity contribution in [2.75, 3.05) is 13.2 Å². The smallest absolute Gasteiger partial charge is 0.315 e. The second-order valence-corrected chi connectivity index (χ2v) is 6.29. The summed E-state index contributed by atoms with van der Waals surface area (Å²) in [5, 5.41) is 5.65. The number of thiophene rings is 2. The van der Waals surface area contributed by atoms with Gasteiger partial charge in [-0.05, 0) is 47.7 Å². The number of hydrogen-bond donors (Lipinski definition) is 0. The molecule has 4 nitrogen and oxygen atoms in total. The molecule has 0 spiro atoms. The van der Waals surface area contributed by atoms with Gasteiger partial charge in [0.2, 0.25) is 0 Å². The summed E-state index contributed by atoms with van der Waals surface area (Å²) in [6.45, 7) is 4.07. The van der Waals surface area contributed by atoms with E-state index in [9.17, 15) is 9.59 Å². The summed E-state index contributed by atoms with van der Waals surface area (Å²) in [7, 11) is 0. The summed E-state index contributed by atoms with van der Waals surface area (Å²) in [4.78, 5) is 25.7. The van der Waals surface area contributed by atoms with Crippen molar-refractivity contribution in [2.24, 2.45) is 0 Å². The molecule has 0 aromatic carbocycles. The first kappa shape index (κ1) is 16.7. The van der Waals surface area contributed by atoms with Crippen molar-refractivity contribution in [3.63, 3.8) is 0 Å². The topological polar surface area (TPSA) is 52.6 Å². The van der Waals surface area contributed by atoms with Gasteiger partial charge in [0, 0.05) is 4.88 Å². The highest BCUT2D eigenvalue weighted by atomic mass is 32.1. The first-order chi connectivity index (χ1) is 10.7. The molecule has 0 fully saturated rings. The molecule has 0 aliphatic heterocycles. The minimum Gasteiger partial charge on any atom is -0.465 e. The third kappa shape index (κ3) is 3.75. The zero-order chi connectivity index (χ0) is 15.9. The average molecular weight is 338 g/mol. The molecule has 22 heavy (non-hydrogen) atoms. The van der Waals surface area contributed by atoms with Crippen LogP contribution in [0.3, 0.4) is 0 Å². The highest BCUT2D eigenvalue weighted by Gasteiger charge is 2.39. The molecular weight excluding hydrogens is 320 g/mol. The van der Waals surface area contributed by atoms with Crippen LogP contribution in [-0.2, 0) is 19.1 Å². The van der Waals surface area contributed by atoms with Crippen LogP contribution in [0, 0.1) is 0 Å². The second-order valence-electron chi connectivity index (χ2n) is 4.53. The largest absolute Gasteiger partial charge is 0.465 e. The van der Waals surface area contributed by atoms with Crippen LogP contribution in [0.4, 0.5) is 0 Å². The van der Waals surface area contributed by atoms with Crippen LogP contribution in [-0.4, -0.2) is 25.2 Å². The lowest BCUT2D eigenvalue weighted by Gasteiger charge is -2.22. The van der Waals surface area contributed by atoms with Crippen LogP contribution < -0.4 is 0 Å². The van der Waals surface area contributed by atoms with Gasteiger partial charge in [-0.3, -0.25) is 9.59 Å². The Morgan fingerprint density at radius 1 is 1.05 bits per heavy atom. The summed E-state index contributed by atoms with van der Waals surface area (Å²) >= 11 is 2.93. The van der Waals surface area contributed by atoms with Crippen LogP contribution in [0.2, 0.25) is 0 Å². The van der Waals surface area contributed by atoms with E-state index in [2.05, 4.69) is 0 Å². The fraction of sp³-hybridized carbons (Fsp3) is 0.375. The maximum absolute atomic E-state index is 12.5. The first-order valence-electron chi connectivity index (χ1n) is 7.07. The van der Waals surface area contributed by atoms with Gasteiger partial charge < -0.3 is 9.47 Å². The molecule has 2 aromatic rings. The molecule has 0 aliphatic carbocycles. The predicted molar refractivity (Wildman–Crippen MR) is 87.4 cm³/mol. The highest BCUT2D eigenvalue weighted by molar-refractivity contribution is 7.10. The molecule has 2 heterocycles. The van der Waals surface area contributed by atoms with Gasteiger partial charge in [-0.25, -0.2) is 0 Å². The van der Waals surface area contributed by atoms with Crippen molar-refractivity contribution in [1.82, 2.24) is 0 Å². The molecule has 0 saturated carbocycles. The van der Waals surface area contributed by atoms with E-state index in [4.69, 9.17) is 9.47 Å². The third-order valence-electron chi connectivity index (χ3n) is 3.17. The first-order valence-corrected chi connectivity index (χ1v) is 8.90. The maximum Gasteiger partial charge on any atom is 0.315 e. The zero-order valence-electron chi connectivity index (χ0n) is 12.5. The van der Waals surface area contributed by atoms with E-state index in [1.807, 2.05) is 34.3 Å². The Kier molecular flexibility index (Phi) is 6.15. The third-order valence-corrected chi connectivity index (χ3v) is 4.82. The molecule has 118 valence electrons. The zero-order valence-corrected chi connectivity index (χ0v) is 14.1. The summed E-state index contributed by atoms with van der Waals surface area (Å²) < 4.78 is 10.4. The molecule has 0 radical (unpaired) electrons. The van der Waals surface area contributed by atoms with Crippen LogP contribution in [0.25, 0.3) is 0 Å². The second kappa shape index (κ2) is 8.10. The molecule has 2 rings (SSSR count). The van der Waals surface area contributed by atoms with Gasteiger partial charge in [-0.15, -0.1) is 11.3 Å². The Morgan fingerprint density at radius 3 is 2.23 bits per heavy atom. The summed E-state index contributed by atoms with van der Waals surface area (Å²) in [5.41, 5.74) is 0.787. The molecular formula is C16H18O4S2. The van der Waals surface area contributed by atoms with Crippen LogP contribution in [0.5, 0.6) is 0 Å². The van der Waals surface area contributed by atoms with Crippen molar-refractivity contribution in [3.05, 3.63) is 44.8 Å². The van der Waals surface area contributed by atoms with E-state index < -0.39 is 23.8 Å². The van der Waals surface area contributed by atoms with E-state index in [0.717, 1.165) is 10.4 Å². The number of esters is 2. The molecule has 2 aromatic heterocycles. The lowest BCUT2D eigenvalue weighted by atomic mass is 9.86. The van der Waals surface area contributed by atoms with Crippen molar-refractivity contribution < 1.29 is 19.1 Å². The summed E-state index contributed by atoms with van der Waals surface area (Å²) in [5.74, 6) is -2.14. The van der Waals surface area contributed by atoms with Gasteiger partial charge in [0.25, 0.3) is 0 Å². The predicted octanol–water partition coefficient (Wildman–Crippen LogP) is 3.80. The van der Waals surface area contributed by atoms with Gasteiger partial charge in [-0.2, -0.15) is 11.3 Å². The summed E-state index contributed by atoms with van der Waals surface area (Å²) in [6.07, 6.45) is 0. The molecule has 0 saturated heterocycles. The van der Waals surface area contributed by atoms with E-state index >= 15 is 0 Å². The van der Waals surface area contributed by atoms with Crippen LogP contribution in [0.15, 0.2) is 34.3 Å². The van der Waals surface area contributed by atoms with Gasteiger partial charge in [0.15, 0.2) is 0 Å². The van der Waals surface area contributed by atoms with Crippen molar-refractivity contribution in [3.8, 4) is 0 Å². The molecule has 0 aliphatic rings. The van der Waals surface area contributed by atoms with E-state index in [0.29, 0.717) is 0 Å². The van der Waals surface area contributed by atoms with Gasteiger partial charge in [0.05, 0.1) is 13.2 Å². The molecule has 2 atom stereocenters. The number of carbonyl (C=O) groups excluding carboxylic acids is 2. The molecule has 6 heteroatoms. The van der Waals surface area contributed by atoms with Gasteiger partial charge in [-0.1, -0.05) is 6.07 Å². The SMILES string of the molecule is CCOC(=O)[C@H](c1cccs1)[C@@H](C(=O)OCC)c1ccsc1. The van der Waals surface area contributed by atoms with E-state index in [-0.39, 0.29) is 13.2 Å². The molecule has 0 N–H and O–H groups in total. The van der Waals surface area contributed by atoms with E-state index in [1.165, 1.54) is 22.7 Å². The minimum atomic E-state index is -0.677. The quantitative estimate of drug-likeness (QED) is 0.721. The van der Waals surface area contributed by atoms with Crippen LogP contribution >= 0.6 is 22.7 Å². The van der Waals surface area contributed by atoms with Gasteiger partial charge in [0.1, 0.15) is 11.8 Å². The van der Waals surface area contributed by atoms with Crippen molar-refractivity contribution in [1.29, 1.82) is 0 Å². The van der Waals surface area contributed by atoms with E-state index in [1.54, 1.807) is 13.8 Å². The Hall–Kier alpha value is -1.66. The van der Waals surface area contributed by atoms with Gasteiger partial charge >= 0.3 is 11.9 Å². The molecule has 0 bridgehead atoms. The fourth-order valence-electron chi connectivity index (χ4n) is 2.27. The Balaban J connectivity index is 2.43. The molecule has 0 unspecified atom stereocenters. The number of hydrogen-bond acceptors (Lipinski definition) is 6.